The number of ether oxygens (including phenoxy) is 1. The van der Waals surface area contributed by atoms with Crippen LogP contribution in [0.5, 0.6) is 0 Å². The third kappa shape index (κ3) is 3.86. The fourth-order valence-corrected chi connectivity index (χ4v) is 3.18. The summed E-state index contributed by atoms with van der Waals surface area (Å²) >= 11 is 3.47. The van der Waals surface area contributed by atoms with Crippen molar-refractivity contribution < 1.29 is 9.53 Å². The van der Waals surface area contributed by atoms with E-state index < -0.39 is 5.60 Å². The van der Waals surface area contributed by atoms with E-state index in [9.17, 15) is 4.79 Å². The number of rotatable bonds is 1. The summed E-state index contributed by atoms with van der Waals surface area (Å²) in [6.07, 6.45) is 5.73. The number of fused-ring (bicyclic) bond motifs is 1. The van der Waals surface area contributed by atoms with Crippen LogP contribution < -0.4 is 0 Å². The highest BCUT2D eigenvalue weighted by atomic mass is 79.9. The van der Waals surface area contributed by atoms with Crippen molar-refractivity contribution in [2.24, 2.45) is 0 Å². The molecule has 5 nitrogen and oxygen atoms in total. The second-order valence-corrected chi connectivity index (χ2v) is 7.93. The number of piperidine rings is 1. The second kappa shape index (κ2) is 6.15. The van der Waals surface area contributed by atoms with Crippen molar-refractivity contribution >= 4 is 27.7 Å². The van der Waals surface area contributed by atoms with Gasteiger partial charge in [0.15, 0.2) is 0 Å². The minimum absolute atomic E-state index is 0.213. The van der Waals surface area contributed by atoms with Gasteiger partial charge in [-0.1, -0.05) is 15.9 Å². The average molecular weight is 380 g/mol. The molecular weight excluding hydrogens is 358 g/mol. The lowest BCUT2D eigenvalue weighted by molar-refractivity contribution is 0.0204. The first-order valence-electron chi connectivity index (χ1n) is 7.94. The maximum Gasteiger partial charge on any atom is 0.410 e. The van der Waals surface area contributed by atoms with E-state index in [1.54, 1.807) is 4.90 Å². The summed E-state index contributed by atoms with van der Waals surface area (Å²) in [5.74, 6) is 0.396. The summed E-state index contributed by atoms with van der Waals surface area (Å²) in [4.78, 5) is 18.6. The van der Waals surface area contributed by atoms with Crippen molar-refractivity contribution in [1.29, 1.82) is 0 Å². The summed E-state index contributed by atoms with van der Waals surface area (Å²) in [6, 6.07) is 4.02. The van der Waals surface area contributed by atoms with Gasteiger partial charge < -0.3 is 14.0 Å². The summed E-state index contributed by atoms with van der Waals surface area (Å²) < 4.78 is 8.51. The molecule has 1 fully saturated rings. The largest absolute Gasteiger partial charge is 0.444 e. The normalized spacial score (nSPS) is 16.8. The molecule has 0 saturated carbocycles. The first kappa shape index (κ1) is 16.3. The Balaban J connectivity index is 1.65. The lowest BCUT2D eigenvalue weighted by Crippen LogP contribution is -2.41. The molecule has 3 heterocycles. The fourth-order valence-electron chi connectivity index (χ4n) is 2.86. The Morgan fingerprint density at radius 3 is 2.70 bits per heavy atom. The Labute approximate surface area is 144 Å². The Morgan fingerprint density at radius 1 is 1.35 bits per heavy atom. The van der Waals surface area contributed by atoms with Crippen LogP contribution in [0.2, 0.25) is 0 Å². The molecule has 1 aliphatic rings. The molecular formula is C17H22BrN3O2. The van der Waals surface area contributed by atoms with E-state index in [0.29, 0.717) is 5.92 Å². The highest BCUT2D eigenvalue weighted by Crippen LogP contribution is 2.28. The van der Waals surface area contributed by atoms with Crippen LogP contribution in [0.3, 0.4) is 0 Å². The maximum atomic E-state index is 12.1. The number of amides is 1. The van der Waals surface area contributed by atoms with Gasteiger partial charge in [0.25, 0.3) is 0 Å². The maximum absolute atomic E-state index is 12.1. The van der Waals surface area contributed by atoms with Gasteiger partial charge in [-0.3, -0.25) is 0 Å². The molecule has 0 unspecified atom stereocenters. The Kier molecular flexibility index (Phi) is 4.36. The third-order valence-electron chi connectivity index (χ3n) is 4.01. The number of pyridine rings is 1. The van der Waals surface area contributed by atoms with Crippen molar-refractivity contribution in [2.45, 2.75) is 45.1 Å². The molecule has 0 radical (unpaired) electrons. The molecule has 2 aromatic heterocycles. The lowest BCUT2D eigenvalue weighted by atomic mass is 9.94. The molecule has 2 aromatic rings. The number of carbonyl (C=O) groups excluding carboxylic acids is 1. The summed E-state index contributed by atoms with van der Waals surface area (Å²) in [5, 5.41) is 0. The van der Waals surface area contributed by atoms with Crippen LogP contribution in [-0.2, 0) is 4.74 Å². The van der Waals surface area contributed by atoms with E-state index in [-0.39, 0.29) is 6.09 Å². The number of aromatic nitrogens is 2. The van der Waals surface area contributed by atoms with Gasteiger partial charge in [0, 0.05) is 35.9 Å². The van der Waals surface area contributed by atoms with Gasteiger partial charge in [0.1, 0.15) is 11.2 Å². The summed E-state index contributed by atoms with van der Waals surface area (Å²) in [5.41, 5.74) is 1.61. The quantitative estimate of drug-likeness (QED) is 0.745. The molecule has 0 N–H and O–H groups in total. The minimum atomic E-state index is -0.442. The SMILES string of the molecule is CC(C)(C)OC(=O)N1CCC(c2cn3ccc(Br)cc3n2)CC1. The monoisotopic (exact) mass is 379 g/mol. The minimum Gasteiger partial charge on any atom is -0.444 e. The molecule has 0 aromatic carbocycles. The second-order valence-electron chi connectivity index (χ2n) is 7.02. The topological polar surface area (TPSA) is 46.8 Å². The van der Waals surface area contributed by atoms with Crippen molar-refractivity contribution in [2.75, 3.05) is 13.1 Å². The highest BCUT2D eigenvalue weighted by Gasteiger charge is 2.28. The predicted octanol–water partition coefficient (Wildman–Crippen LogP) is 4.21. The Bertz CT molecular complexity index is 712. The van der Waals surface area contributed by atoms with Gasteiger partial charge in [0.2, 0.25) is 0 Å². The van der Waals surface area contributed by atoms with Gasteiger partial charge in [0.05, 0.1) is 5.69 Å². The van der Waals surface area contributed by atoms with Crippen LogP contribution in [0, 0.1) is 0 Å². The molecule has 1 aliphatic heterocycles. The van der Waals surface area contributed by atoms with Crippen LogP contribution in [0.1, 0.15) is 45.2 Å². The number of hydrogen-bond acceptors (Lipinski definition) is 3. The van der Waals surface area contributed by atoms with Crippen molar-refractivity contribution in [1.82, 2.24) is 14.3 Å². The molecule has 0 aliphatic carbocycles. The van der Waals surface area contributed by atoms with E-state index in [1.165, 1.54) is 0 Å². The van der Waals surface area contributed by atoms with Crippen molar-refractivity contribution in [3.8, 4) is 0 Å². The third-order valence-corrected chi connectivity index (χ3v) is 4.50. The van der Waals surface area contributed by atoms with E-state index in [1.807, 2.05) is 43.5 Å². The smallest absolute Gasteiger partial charge is 0.410 e. The standard InChI is InChI=1S/C17H22BrN3O2/c1-17(2,3)23-16(22)20-7-4-12(5-8-20)14-11-21-9-6-13(18)10-15(21)19-14/h6,9-12H,4-5,7-8H2,1-3H3. The molecule has 3 rings (SSSR count). The first-order valence-corrected chi connectivity index (χ1v) is 8.73. The molecule has 1 saturated heterocycles. The number of carbonyl (C=O) groups is 1. The molecule has 23 heavy (non-hydrogen) atoms. The van der Waals surface area contributed by atoms with Gasteiger partial charge in [-0.15, -0.1) is 0 Å². The molecule has 6 heteroatoms. The summed E-state index contributed by atoms with van der Waals surface area (Å²) in [6.45, 7) is 7.12. The summed E-state index contributed by atoms with van der Waals surface area (Å²) in [7, 11) is 0. The predicted molar refractivity (Wildman–Crippen MR) is 92.7 cm³/mol. The van der Waals surface area contributed by atoms with Crippen LogP contribution in [0.25, 0.3) is 5.65 Å². The molecule has 124 valence electrons. The zero-order valence-corrected chi connectivity index (χ0v) is 15.3. The highest BCUT2D eigenvalue weighted by molar-refractivity contribution is 9.10. The van der Waals surface area contributed by atoms with E-state index in [2.05, 4.69) is 22.1 Å². The van der Waals surface area contributed by atoms with Crippen molar-refractivity contribution in [3.05, 3.63) is 34.7 Å². The van der Waals surface area contributed by atoms with E-state index >= 15 is 0 Å². The molecule has 0 atom stereocenters. The lowest BCUT2D eigenvalue weighted by Gasteiger charge is -2.32. The van der Waals surface area contributed by atoms with Crippen LogP contribution in [0.15, 0.2) is 29.0 Å². The Morgan fingerprint density at radius 2 is 2.04 bits per heavy atom. The number of halogens is 1. The fraction of sp³-hybridized carbons (Fsp3) is 0.529. The van der Waals surface area contributed by atoms with Gasteiger partial charge >= 0.3 is 6.09 Å². The number of imidazole rings is 1. The van der Waals surface area contributed by atoms with Crippen LogP contribution >= 0.6 is 15.9 Å². The zero-order chi connectivity index (χ0) is 16.6. The molecule has 0 spiro atoms. The van der Waals surface area contributed by atoms with Gasteiger partial charge in [-0.05, 0) is 45.7 Å². The first-order chi connectivity index (χ1) is 10.8. The Hall–Kier alpha value is -1.56. The average Bonchev–Trinajstić information content (AvgIpc) is 2.88. The van der Waals surface area contributed by atoms with E-state index in [4.69, 9.17) is 9.72 Å². The van der Waals surface area contributed by atoms with Crippen molar-refractivity contribution in [3.63, 3.8) is 0 Å². The van der Waals surface area contributed by atoms with Gasteiger partial charge in [-0.25, -0.2) is 9.78 Å². The van der Waals surface area contributed by atoms with Crippen LogP contribution in [0.4, 0.5) is 4.79 Å². The molecule has 0 bridgehead atoms. The zero-order valence-electron chi connectivity index (χ0n) is 13.8. The number of likely N-dealkylation sites (tertiary alicyclic amines) is 1. The number of nitrogens with zero attached hydrogens (tertiary/aromatic N) is 3. The van der Waals surface area contributed by atoms with E-state index in [0.717, 1.165) is 41.7 Å². The molecule has 1 amide bonds. The van der Waals surface area contributed by atoms with Gasteiger partial charge in [-0.2, -0.15) is 0 Å². The number of hydrogen-bond donors (Lipinski definition) is 0. The van der Waals surface area contributed by atoms with Crippen LogP contribution in [-0.4, -0.2) is 39.1 Å².